The molecule has 0 bridgehead atoms. The fourth-order valence-electron chi connectivity index (χ4n) is 6.94. The van der Waals surface area contributed by atoms with E-state index in [0.717, 1.165) is 17.1 Å². The van der Waals surface area contributed by atoms with Crippen LogP contribution in [0.15, 0.2) is 18.6 Å². The Morgan fingerprint density at radius 1 is 0.388 bits per heavy atom. The average Bonchev–Trinajstić information content (AvgIpc) is 4.33. The molecule has 31 heteroatoms. The molecule has 0 saturated carbocycles. The highest BCUT2D eigenvalue weighted by Crippen LogP contribution is 2.11. The van der Waals surface area contributed by atoms with Crippen molar-refractivity contribution in [1.82, 2.24) is 55.2 Å². The highest BCUT2D eigenvalue weighted by molar-refractivity contribution is 5.76. The normalized spacial score (nSPS) is 11.6. The van der Waals surface area contributed by atoms with Gasteiger partial charge in [0.25, 0.3) is 0 Å². The number of hydrogen-bond acceptors (Lipinski definition) is 27. The Labute approximate surface area is 499 Å². The lowest BCUT2D eigenvalue weighted by atomic mass is 10.3. The molecule has 0 aliphatic heterocycles. The third kappa shape index (κ3) is 46.5. The van der Waals surface area contributed by atoms with Crippen molar-refractivity contribution in [2.45, 2.75) is 52.1 Å². The van der Waals surface area contributed by atoms with Gasteiger partial charge in [0.05, 0.1) is 275 Å². The summed E-state index contributed by atoms with van der Waals surface area (Å²) in [6, 6.07) is 0. The minimum absolute atomic E-state index is 0.0105. The summed E-state index contributed by atoms with van der Waals surface area (Å²) in [7, 11) is 0. The standard InChI is InChI=1S/C54H97N11O20/c1-2-3-4-54(68)55-5-11-69-17-23-75-29-31-79-33-35-81-37-39-83-41-43-85-44-42-84-40-38-82-36-34-80-32-30-78-26-20-72-14-8-65-50-53(58-61-65)47-62(45-51-48-63(59-56-51)6-12-70-18-24-76-27-21-73-15-9-66)46-52-49-64(60-57-52)7-13-71-19-25-77-28-22-74-16-10-67/h1,48-50,66-67H,3-47H2,(H,55,68). The first-order valence-electron chi connectivity index (χ1n) is 29.2. The fraction of sp³-hybridized carbons (Fsp3) is 0.833. The Kier molecular flexibility index (Phi) is 50.6. The van der Waals surface area contributed by atoms with Crippen LogP contribution < -0.4 is 5.32 Å². The van der Waals surface area contributed by atoms with E-state index in [1.54, 1.807) is 14.0 Å². The average molecular weight is 1220 g/mol. The summed E-state index contributed by atoms with van der Waals surface area (Å²) in [4.78, 5) is 13.6. The van der Waals surface area contributed by atoms with Gasteiger partial charge >= 0.3 is 0 Å². The second kappa shape index (κ2) is 57.4. The van der Waals surface area contributed by atoms with E-state index in [1.165, 1.54) is 0 Å². The summed E-state index contributed by atoms with van der Waals surface area (Å²) < 4.78 is 99.0. The number of rotatable bonds is 66. The van der Waals surface area contributed by atoms with Gasteiger partial charge in [0.1, 0.15) is 0 Å². The van der Waals surface area contributed by atoms with Gasteiger partial charge in [-0.2, -0.15) is 0 Å². The van der Waals surface area contributed by atoms with Crippen molar-refractivity contribution in [3.8, 4) is 12.3 Å². The Morgan fingerprint density at radius 3 is 0.871 bits per heavy atom. The molecule has 0 aliphatic carbocycles. The van der Waals surface area contributed by atoms with Crippen LogP contribution in [0.5, 0.6) is 0 Å². The van der Waals surface area contributed by atoms with Gasteiger partial charge in [-0.3, -0.25) is 9.69 Å². The number of terminal acetylenes is 1. The molecular formula is C54H97N11O20. The smallest absolute Gasteiger partial charge is 0.221 e. The molecule has 0 unspecified atom stereocenters. The zero-order chi connectivity index (χ0) is 60.2. The highest BCUT2D eigenvalue weighted by atomic mass is 16.6. The predicted molar refractivity (Wildman–Crippen MR) is 302 cm³/mol. The number of nitrogens with zero attached hydrogens (tertiary/aromatic N) is 10. The van der Waals surface area contributed by atoms with Gasteiger partial charge in [0, 0.05) is 57.6 Å². The van der Waals surface area contributed by atoms with Gasteiger partial charge in [-0.25, -0.2) is 14.0 Å². The predicted octanol–water partition coefficient (Wildman–Crippen LogP) is -1.54. The molecule has 31 nitrogen and oxygen atoms in total. The van der Waals surface area contributed by atoms with Crippen LogP contribution in [0, 0.1) is 12.3 Å². The van der Waals surface area contributed by atoms with E-state index in [-0.39, 0.29) is 19.1 Å². The summed E-state index contributed by atoms with van der Waals surface area (Å²) in [6.45, 7) is 18.4. The molecule has 488 valence electrons. The lowest BCUT2D eigenvalue weighted by molar-refractivity contribution is -0.121. The van der Waals surface area contributed by atoms with E-state index >= 15 is 0 Å². The molecule has 3 rings (SSSR count). The van der Waals surface area contributed by atoms with Crippen molar-refractivity contribution in [2.24, 2.45) is 0 Å². The molecule has 0 aromatic carbocycles. The Bertz CT molecular complexity index is 1910. The van der Waals surface area contributed by atoms with Crippen LogP contribution in [-0.2, 0) is 125 Å². The van der Waals surface area contributed by atoms with Crippen LogP contribution in [0.2, 0.25) is 0 Å². The molecule has 1 amide bonds. The van der Waals surface area contributed by atoms with Crippen LogP contribution in [0.4, 0.5) is 0 Å². The monoisotopic (exact) mass is 1220 g/mol. The number of aliphatic hydroxyl groups excluding tert-OH is 2. The molecule has 0 spiro atoms. The summed E-state index contributed by atoms with van der Waals surface area (Å²) in [5.74, 6) is 2.36. The van der Waals surface area contributed by atoms with Gasteiger partial charge in [0.2, 0.25) is 5.91 Å². The van der Waals surface area contributed by atoms with Gasteiger partial charge in [-0.05, 0) is 0 Å². The highest BCUT2D eigenvalue weighted by Gasteiger charge is 2.16. The molecule has 0 fully saturated rings. The van der Waals surface area contributed by atoms with Gasteiger partial charge in [-0.15, -0.1) is 27.6 Å². The number of carbonyl (C=O) groups is 1. The number of aromatic nitrogens is 9. The lowest BCUT2D eigenvalue weighted by Crippen LogP contribution is -2.27. The Morgan fingerprint density at radius 2 is 0.624 bits per heavy atom. The van der Waals surface area contributed by atoms with Crippen LogP contribution in [0.3, 0.4) is 0 Å². The molecule has 85 heavy (non-hydrogen) atoms. The maximum atomic E-state index is 11.4. The number of ether oxygens (including phenoxy) is 17. The molecule has 3 aromatic rings. The molecule has 0 saturated heterocycles. The van der Waals surface area contributed by atoms with E-state index in [9.17, 15) is 4.79 Å². The van der Waals surface area contributed by atoms with Crippen LogP contribution in [-0.4, -0.2) is 310 Å². The molecule has 0 atom stereocenters. The van der Waals surface area contributed by atoms with E-state index in [2.05, 4.69) is 47.1 Å². The first-order valence-corrected chi connectivity index (χ1v) is 29.2. The van der Waals surface area contributed by atoms with Crippen LogP contribution in [0.1, 0.15) is 29.9 Å². The minimum atomic E-state index is -0.0724. The Balaban J connectivity index is 1.13. The van der Waals surface area contributed by atoms with E-state index in [0.29, 0.717) is 283 Å². The number of aliphatic hydroxyl groups is 2. The van der Waals surface area contributed by atoms with Crippen molar-refractivity contribution in [3.05, 3.63) is 35.7 Å². The Hall–Kier alpha value is -4.35. The van der Waals surface area contributed by atoms with Crippen molar-refractivity contribution in [2.75, 3.05) is 244 Å². The SMILES string of the molecule is C#CCCC(=O)NCCOCCOCCOCCOCCOCCOCCOCCOCCOCCOCCOCCn1cc(CN(Cc2cn(CCOCCOCCOCCO)nn2)Cc2cn(CCOCCOCCOCCO)nn2)nn1. The molecule has 3 N–H and O–H groups in total. The third-order valence-electron chi connectivity index (χ3n) is 11.1. The summed E-state index contributed by atoms with van der Waals surface area (Å²) in [6.07, 6.45) is 11.6. The number of hydrogen-bond donors (Lipinski definition) is 3. The number of amides is 1. The minimum Gasteiger partial charge on any atom is -0.394 e. The van der Waals surface area contributed by atoms with E-state index < -0.39 is 0 Å². The summed E-state index contributed by atoms with van der Waals surface area (Å²) >= 11 is 0. The molecular weight excluding hydrogens is 1120 g/mol. The molecule has 3 aromatic heterocycles. The van der Waals surface area contributed by atoms with Crippen molar-refractivity contribution in [3.63, 3.8) is 0 Å². The zero-order valence-electron chi connectivity index (χ0n) is 49.8. The van der Waals surface area contributed by atoms with Gasteiger partial charge in [0.15, 0.2) is 0 Å². The van der Waals surface area contributed by atoms with Crippen molar-refractivity contribution < 1.29 is 95.5 Å². The number of nitrogens with one attached hydrogen (secondary N) is 1. The van der Waals surface area contributed by atoms with Crippen LogP contribution >= 0.6 is 0 Å². The lowest BCUT2D eigenvalue weighted by Gasteiger charge is -2.18. The fourth-order valence-corrected chi connectivity index (χ4v) is 6.94. The van der Waals surface area contributed by atoms with Crippen molar-refractivity contribution >= 4 is 5.91 Å². The second-order valence-corrected chi connectivity index (χ2v) is 18.0. The number of carbonyl (C=O) groups excluding carboxylic acids is 1. The van der Waals surface area contributed by atoms with Crippen LogP contribution in [0.25, 0.3) is 0 Å². The molecule has 0 aliphatic rings. The maximum absolute atomic E-state index is 11.4. The van der Waals surface area contributed by atoms with Gasteiger partial charge in [-0.1, -0.05) is 15.6 Å². The first kappa shape index (κ1) is 74.9. The maximum Gasteiger partial charge on any atom is 0.221 e. The van der Waals surface area contributed by atoms with E-state index in [1.807, 2.05) is 18.6 Å². The first-order chi connectivity index (χ1) is 42.1. The van der Waals surface area contributed by atoms with Crippen molar-refractivity contribution in [1.29, 1.82) is 0 Å². The summed E-state index contributed by atoms with van der Waals surface area (Å²) in [5.41, 5.74) is 2.30. The molecule has 0 radical (unpaired) electrons. The topological polar surface area (TPSA) is 322 Å². The summed E-state index contributed by atoms with van der Waals surface area (Å²) in [5, 5.41) is 46.5. The largest absolute Gasteiger partial charge is 0.394 e. The third-order valence-corrected chi connectivity index (χ3v) is 11.1. The quantitative estimate of drug-likeness (QED) is 0.0426. The van der Waals surface area contributed by atoms with Gasteiger partial charge < -0.3 is 96.1 Å². The molecule has 3 heterocycles. The van der Waals surface area contributed by atoms with E-state index in [4.69, 9.17) is 97.2 Å². The second-order valence-electron chi connectivity index (χ2n) is 18.0. The zero-order valence-corrected chi connectivity index (χ0v) is 49.8.